The molecule has 10 nitrogen and oxygen atoms in total. The summed E-state index contributed by atoms with van der Waals surface area (Å²) in [5.74, 6) is -0.316. The summed E-state index contributed by atoms with van der Waals surface area (Å²) in [6, 6.07) is 7.41. The second-order valence-corrected chi connectivity index (χ2v) is 14.7. The SMILES string of the molecule is CC(C)c1nc(Br)nc(C(C)C)c1-n1c(=O)nc(N2C[C@@H](C)N(C(=O)OC(C)(C)C)C[C@@H]2C)c2cc(Cl)c(-c3ccccc3F)nc21. The quantitative estimate of drug-likeness (QED) is 0.191. The number of nitrogens with zero attached hydrogens (tertiary/aromatic N) is 7. The van der Waals surface area contributed by atoms with Gasteiger partial charge in [-0.15, -0.1) is 0 Å². The van der Waals surface area contributed by atoms with Crippen LogP contribution in [0.3, 0.4) is 0 Å². The molecule has 0 aliphatic carbocycles. The molecule has 0 spiro atoms. The van der Waals surface area contributed by atoms with Crippen LogP contribution in [-0.4, -0.2) is 66.3 Å². The largest absolute Gasteiger partial charge is 0.444 e. The maximum atomic E-state index is 15.2. The van der Waals surface area contributed by atoms with Crippen molar-refractivity contribution < 1.29 is 13.9 Å². The molecule has 0 unspecified atom stereocenters. The topological polar surface area (TPSA) is 106 Å². The number of fused-ring (bicyclic) bond motifs is 1. The van der Waals surface area contributed by atoms with Crippen molar-refractivity contribution in [1.82, 2.24) is 29.4 Å². The number of amides is 1. The number of hydrogen-bond donors (Lipinski definition) is 0. The third kappa shape index (κ3) is 6.85. The van der Waals surface area contributed by atoms with E-state index in [4.69, 9.17) is 21.3 Å². The van der Waals surface area contributed by atoms with Crippen LogP contribution in [0.2, 0.25) is 5.02 Å². The van der Waals surface area contributed by atoms with Gasteiger partial charge < -0.3 is 14.5 Å². The number of piperazine rings is 1. The Kier molecular flexibility index (Phi) is 9.67. The maximum Gasteiger partial charge on any atom is 0.410 e. The highest BCUT2D eigenvalue weighted by Gasteiger charge is 2.37. The highest BCUT2D eigenvalue weighted by atomic mass is 79.9. The van der Waals surface area contributed by atoms with Crippen LogP contribution >= 0.6 is 27.5 Å². The molecule has 47 heavy (non-hydrogen) atoms. The van der Waals surface area contributed by atoms with Gasteiger partial charge in [-0.3, -0.25) is 0 Å². The Labute approximate surface area is 287 Å². The minimum absolute atomic E-state index is 0.0939. The molecule has 4 heterocycles. The van der Waals surface area contributed by atoms with Gasteiger partial charge in [0, 0.05) is 30.7 Å². The molecule has 250 valence electrons. The monoisotopic (exact) mass is 727 g/mol. The molecule has 0 N–H and O–H groups in total. The Morgan fingerprint density at radius 3 is 2.19 bits per heavy atom. The van der Waals surface area contributed by atoms with E-state index in [1.165, 1.54) is 10.6 Å². The molecular formula is C34H40BrClFN7O3. The number of ether oxygens (including phenoxy) is 1. The van der Waals surface area contributed by atoms with Crippen molar-refractivity contribution >= 4 is 50.5 Å². The molecule has 2 atom stereocenters. The molecule has 1 aromatic carbocycles. The lowest BCUT2D eigenvalue weighted by Crippen LogP contribution is -2.59. The molecule has 13 heteroatoms. The van der Waals surface area contributed by atoms with E-state index in [-0.39, 0.29) is 45.8 Å². The van der Waals surface area contributed by atoms with Crippen LogP contribution in [0.1, 0.15) is 85.5 Å². The molecule has 5 rings (SSSR count). The molecule has 1 saturated heterocycles. The Morgan fingerprint density at radius 1 is 1.00 bits per heavy atom. The summed E-state index contributed by atoms with van der Waals surface area (Å²) >= 11 is 10.3. The Balaban J connectivity index is 1.79. The summed E-state index contributed by atoms with van der Waals surface area (Å²) in [6.45, 7) is 18.0. The zero-order valence-electron chi connectivity index (χ0n) is 28.1. The Morgan fingerprint density at radius 2 is 1.62 bits per heavy atom. The number of aromatic nitrogens is 5. The van der Waals surface area contributed by atoms with Crippen LogP contribution in [0.4, 0.5) is 15.0 Å². The molecule has 0 radical (unpaired) electrons. The second-order valence-electron chi connectivity index (χ2n) is 13.6. The standard InChI is InChI=1S/C34H40BrClFN7O3/c1-17(2)25-28(26(18(3)4)40-31(35)39-25)44-30-22(14-23(36)27(38-30)21-12-10-11-13-24(21)37)29(41-32(44)45)42-15-20(6)43(16-19(42)5)33(46)47-34(7,8)9/h10-14,17-20H,15-16H2,1-9H3/t19-,20+/m0/s1. The maximum absolute atomic E-state index is 15.2. The van der Waals surface area contributed by atoms with Crippen molar-refractivity contribution in [2.75, 3.05) is 18.0 Å². The first-order valence-electron chi connectivity index (χ1n) is 15.7. The van der Waals surface area contributed by atoms with E-state index in [0.29, 0.717) is 46.1 Å². The van der Waals surface area contributed by atoms with Gasteiger partial charge >= 0.3 is 11.8 Å². The first kappa shape index (κ1) is 34.7. The molecule has 0 saturated carbocycles. The van der Waals surface area contributed by atoms with Crippen LogP contribution < -0.4 is 10.6 Å². The van der Waals surface area contributed by atoms with Crippen molar-refractivity contribution in [3.8, 4) is 16.9 Å². The number of rotatable bonds is 5. The number of pyridine rings is 1. The molecule has 0 bridgehead atoms. The number of carbonyl (C=O) groups excluding carboxylic acids is 1. The van der Waals surface area contributed by atoms with Gasteiger partial charge in [0.2, 0.25) is 0 Å². The van der Waals surface area contributed by atoms with Crippen molar-refractivity contribution in [2.24, 2.45) is 0 Å². The van der Waals surface area contributed by atoms with Crippen molar-refractivity contribution in [2.45, 2.75) is 91.8 Å². The molecule has 1 amide bonds. The summed E-state index contributed by atoms with van der Waals surface area (Å²) in [5, 5.41) is 0.691. The van der Waals surface area contributed by atoms with E-state index in [0.717, 1.165) is 0 Å². The van der Waals surface area contributed by atoms with Gasteiger partial charge in [0.1, 0.15) is 17.2 Å². The summed E-state index contributed by atoms with van der Waals surface area (Å²) in [7, 11) is 0. The summed E-state index contributed by atoms with van der Waals surface area (Å²) in [4.78, 5) is 50.1. The first-order valence-corrected chi connectivity index (χ1v) is 16.9. The highest BCUT2D eigenvalue weighted by molar-refractivity contribution is 9.10. The third-order valence-corrected chi connectivity index (χ3v) is 8.69. The van der Waals surface area contributed by atoms with E-state index >= 15 is 4.39 Å². The van der Waals surface area contributed by atoms with Gasteiger partial charge in [-0.05, 0) is 80.6 Å². The predicted molar refractivity (Wildman–Crippen MR) is 186 cm³/mol. The molecule has 3 aromatic heterocycles. The van der Waals surface area contributed by atoms with Crippen molar-refractivity contribution in [3.05, 3.63) is 67.8 Å². The minimum atomic E-state index is -0.641. The van der Waals surface area contributed by atoms with Crippen LogP contribution in [0.5, 0.6) is 0 Å². The van der Waals surface area contributed by atoms with Crippen LogP contribution in [-0.2, 0) is 4.74 Å². The van der Waals surface area contributed by atoms with Crippen molar-refractivity contribution in [1.29, 1.82) is 0 Å². The first-order chi connectivity index (χ1) is 22.0. The summed E-state index contributed by atoms with van der Waals surface area (Å²) in [5.41, 5.74) is 1.14. The highest BCUT2D eigenvalue weighted by Crippen LogP contribution is 2.37. The fourth-order valence-corrected chi connectivity index (χ4v) is 6.50. The zero-order chi connectivity index (χ0) is 34.5. The summed E-state index contributed by atoms with van der Waals surface area (Å²) in [6.07, 6.45) is -0.401. The van der Waals surface area contributed by atoms with Gasteiger partial charge in [-0.25, -0.2) is 33.5 Å². The fourth-order valence-electron chi connectivity index (χ4n) is 5.86. The van der Waals surface area contributed by atoms with Gasteiger partial charge in [-0.2, -0.15) is 4.98 Å². The molecule has 1 fully saturated rings. The van der Waals surface area contributed by atoms with Crippen LogP contribution in [0.15, 0.2) is 39.9 Å². The van der Waals surface area contributed by atoms with E-state index < -0.39 is 23.2 Å². The van der Waals surface area contributed by atoms with Gasteiger partial charge in [-0.1, -0.05) is 51.4 Å². The lowest BCUT2D eigenvalue weighted by molar-refractivity contribution is 0.0130. The summed E-state index contributed by atoms with van der Waals surface area (Å²) < 4.78 is 22.7. The van der Waals surface area contributed by atoms with Gasteiger partial charge in [0.15, 0.2) is 10.4 Å². The van der Waals surface area contributed by atoms with Gasteiger partial charge in [0.25, 0.3) is 0 Å². The predicted octanol–water partition coefficient (Wildman–Crippen LogP) is 7.87. The average molecular weight is 729 g/mol. The number of halogens is 3. The molecule has 1 aliphatic rings. The lowest BCUT2D eigenvalue weighted by Gasteiger charge is -2.44. The third-order valence-electron chi connectivity index (χ3n) is 8.04. The average Bonchev–Trinajstić information content (AvgIpc) is 2.97. The van der Waals surface area contributed by atoms with Gasteiger partial charge in [0.05, 0.1) is 33.2 Å². The number of benzene rings is 1. The van der Waals surface area contributed by atoms with Crippen molar-refractivity contribution in [3.63, 3.8) is 0 Å². The lowest BCUT2D eigenvalue weighted by atomic mass is 10.0. The van der Waals surface area contributed by atoms with E-state index in [2.05, 4.69) is 30.9 Å². The normalized spacial score (nSPS) is 17.2. The minimum Gasteiger partial charge on any atom is -0.444 e. The second kappa shape index (κ2) is 13.1. The molecule has 4 aromatic rings. The van der Waals surface area contributed by atoms with E-state index in [1.807, 2.05) is 67.2 Å². The smallest absolute Gasteiger partial charge is 0.410 e. The van der Waals surface area contributed by atoms with E-state index in [9.17, 15) is 9.59 Å². The van der Waals surface area contributed by atoms with Crippen LogP contribution in [0.25, 0.3) is 28.0 Å². The zero-order valence-corrected chi connectivity index (χ0v) is 30.4. The Hall–Kier alpha value is -3.64. The van der Waals surface area contributed by atoms with E-state index in [1.54, 1.807) is 29.2 Å². The fraction of sp³-hybridized carbons (Fsp3) is 0.471. The number of anilines is 1. The number of carbonyl (C=O) groups is 1. The molecule has 1 aliphatic heterocycles. The Bertz CT molecular complexity index is 1880. The number of hydrogen-bond acceptors (Lipinski definition) is 8. The molecular weight excluding hydrogens is 689 g/mol. The van der Waals surface area contributed by atoms with Crippen LogP contribution in [0, 0.1) is 5.82 Å².